The smallest absolute Gasteiger partial charge is 0.366 e. The Hall–Kier alpha value is -2.62. The Bertz CT molecular complexity index is 1140. The lowest BCUT2D eigenvalue weighted by Gasteiger charge is -2.35. The van der Waals surface area contributed by atoms with E-state index in [-0.39, 0.29) is 23.0 Å². The summed E-state index contributed by atoms with van der Waals surface area (Å²) >= 11 is 5.80. The number of hydrogen-bond acceptors (Lipinski definition) is 5. The Morgan fingerprint density at radius 3 is 2.59 bits per heavy atom. The number of carbonyl (C=O) groups is 1. The SMILES string of the molecule is Cl.NC(=O)c1cccc2c(N[C@H](CN3CCC3)c3ccc(Cl)c(C(F)(F)F)c3)ncnc12. The topological polar surface area (TPSA) is 84.1 Å². The van der Waals surface area contributed by atoms with E-state index in [0.717, 1.165) is 25.6 Å². The van der Waals surface area contributed by atoms with Gasteiger partial charge < -0.3 is 16.0 Å². The largest absolute Gasteiger partial charge is 0.417 e. The molecule has 0 radical (unpaired) electrons. The van der Waals surface area contributed by atoms with E-state index in [2.05, 4.69) is 20.2 Å². The highest BCUT2D eigenvalue weighted by Crippen LogP contribution is 2.37. The van der Waals surface area contributed by atoms with Crippen LogP contribution in [0.4, 0.5) is 19.0 Å². The molecule has 2 heterocycles. The van der Waals surface area contributed by atoms with E-state index in [0.29, 0.717) is 28.8 Å². The van der Waals surface area contributed by atoms with Crippen molar-refractivity contribution in [2.45, 2.75) is 18.6 Å². The van der Waals surface area contributed by atoms with Gasteiger partial charge >= 0.3 is 6.18 Å². The number of likely N-dealkylation sites (tertiary alicyclic amines) is 1. The van der Waals surface area contributed by atoms with Gasteiger partial charge in [0, 0.05) is 11.9 Å². The number of nitrogens with zero attached hydrogens (tertiary/aromatic N) is 3. The van der Waals surface area contributed by atoms with Gasteiger partial charge in [0.1, 0.15) is 12.1 Å². The van der Waals surface area contributed by atoms with E-state index in [9.17, 15) is 18.0 Å². The van der Waals surface area contributed by atoms with Gasteiger partial charge in [-0.1, -0.05) is 23.7 Å². The van der Waals surface area contributed by atoms with Crippen LogP contribution in [0.5, 0.6) is 0 Å². The maximum absolute atomic E-state index is 13.4. The zero-order chi connectivity index (χ0) is 22.2. The number of primary amides is 1. The maximum atomic E-state index is 13.4. The third-order valence-corrected chi connectivity index (χ3v) is 5.66. The van der Waals surface area contributed by atoms with Crippen LogP contribution in [-0.2, 0) is 6.18 Å². The fourth-order valence-electron chi connectivity index (χ4n) is 3.60. The predicted octanol–water partition coefficient (Wildman–Crippen LogP) is 4.68. The van der Waals surface area contributed by atoms with E-state index in [1.807, 2.05) is 0 Å². The number of aromatic nitrogens is 2. The molecule has 6 nitrogen and oxygen atoms in total. The van der Waals surface area contributed by atoms with E-state index in [4.69, 9.17) is 17.3 Å². The summed E-state index contributed by atoms with van der Waals surface area (Å²) in [6.45, 7) is 2.22. The highest BCUT2D eigenvalue weighted by atomic mass is 35.5. The molecule has 0 spiro atoms. The Labute approximate surface area is 193 Å². The van der Waals surface area contributed by atoms with E-state index in [1.165, 1.54) is 12.4 Å². The standard InChI is InChI=1S/C21H19ClF3N5O.ClH/c22-16-6-5-12(9-15(16)21(23,24)25)17(10-30-7-2-8-30)29-20-14-4-1-3-13(19(26)31)18(14)27-11-28-20;/h1,3-6,9,11,17H,2,7-8,10H2,(H2,26,31)(H,27,28,29);1H/t17-;/m1./s1. The molecular formula is C21H20Cl2F3N5O. The highest BCUT2D eigenvalue weighted by molar-refractivity contribution is 6.31. The minimum absolute atomic E-state index is 0. The quantitative estimate of drug-likeness (QED) is 0.529. The second kappa shape index (κ2) is 9.48. The molecule has 1 aromatic heterocycles. The van der Waals surface area contributed by atoms with Crippen molar-refractivity contribution >= 4 is 46.6 Å². The van der Waals surface area contributed by atoms with Crippen molar-refractivity contribution in [2.24, 2.45) is 5.73 Å². The number of halogens is 5. The zero-order valence-corrected chi connectivity index (χ0v) is 18.3. The number of fused-ring (bicyclic) bond motifs is 1. The molecule has 0 saturated carbocycles. The van der Waals surface area contributed by atoms with Crippen molar-refractivity contribution in [2.75, 3.05) is 25.0 Å². The van der Waals surface area contributed by atoms with Crippen molar-refractivity contribution in [3.8, 4) is 0 Å². The summed E-state index contributed by atoms with van der Waals surface area (Å²) in [5, 5.41) is 3.45. The molecule has 32 heavy (non-hydrogen) atoms. The van der Waals surface area contributed by atoms with Gasteiger partial charge in [0.05, 0.1) is 27.7 Å². The molecule has 1 fully saturated rings. The molecule has 0 bridgehead atoms. The first kappa shape index (κ1) is 24.0. The average molecular weight is 486 g/mol. The van der Waals surface area contributed by atoms with Crippen molar-refractivity contribution in [3.63, 3.8) is 0 Å². The number of anilines is 1. The van der Waals surface area contributed by atoms with Crippen LogP contribution in [0.25, 0.3) is 10.9 Å². The van der Waals surface area contributed by atoms with Crippen LogP contribution in [-0.4, -0.2) is 40.4 Å². The lowest BCUT2D eigenvalue weighted by atomic mass is 10.0. The number of benzene rings is 2. The molecule has 170 valence electrons. The van der Waals surface area contributed by atoms with Gasteiger partial charge in [-0.15, -0.1) is 12.4 Å². The lowest BCUT2D eigenvalue weighted by Crippen LogP contribution is -2.41. The second-order valence-corrected chi connectivity index (χ2v) is 7.78. The molecule has 3 N–H and O–H groups in total. The molecule has 1 amide bonds. The number of hydrogen-bond donors (Lipinski definition) is 2. The van der Waals surface area contributed by atoms with Crippen LogP contribution < -0.4 is 11.1 Å². The Morgan fingerprint density at radius 2 is 1.97 bits per heavy atom. The van der Waals surface area contributed by atoms with Gasteiger partial charge in [-0.3, -0.25) is 4.79 Å². The minimum atomic E-state index is -4.56. The summed E-state index contributed by atoms with van der Waals surface area (Å²) in [7, 11) is 0. The maximum Gasteiger partial charge on any atom is 0.417 e. The number of nitrogens with two attached hydrogens (primary N) is 1. The van der Waals surface area contributed by atoms with Gasteiger partial charge in [-0.2, -0.15) is 13.2 Å². The summed E-state index contributed by atoms with van der Waals surface area (Å²) in [6, 6.07) is 8.36. The van der Waals surface area contributed by atoms with Gasteiger partial charge in [0.2, 0.25) is 0 Å². The monoisotopic (exact) mass is 485 g/mol. The fourth-order valence-corrected chi connectivity index (χ4v) is 3.82. The average Bonchev–Trinajstić information content (AvgIpc) is 2.68. The van der Waals surface area contributed by atoms with Gasteiger partial charge in [0.25, 0.3) is 5.91 Å². The molecule has 11 heteroatoms. The zero-order valence-electron chi connectivity index (χ0n) is 16.7. The minimum Gasteiger partial charge on any atom is -0.366 e. The second-order valence-electron chi connectivity index (χ2n) is 7.38. The van der Waals surface area contributed by atoms with E-state index >= 15 is 0 Å². The first-order valence-corrected chi connectivity index (χ1v) is 10.0. The normalized spacial score (nSPS) is 15.0. The molecule has 0 unspecified atom stereocenters. The van der Waals surface area contributed by atoms with Crippen molar-refractivity contribution in [1.29, 1.82) is 0 Å². The first-order chi connectivity index (χ1) is 14.7. The molecule has 4 rings (SSSR count). The van der Waals surface area contributed by atoms with Crippen molar-refractivity contribution < 1.29 is 18.0 Å². The van der Waals surface area contributed by atoms with Gasteiger partial charge in [-0.25, -0.2) is 9.97 Å². The summed E-state index contributed by atoms with van der Waals surface area (Å²) in [4.78, 5) is 22.3. The van der Waals surface area contributed by atoms with E-state index in [1.54, 1.807) is 24.3 Å². The molecule has 3 aromatic rings. The molecule has 1 saturated heterocycles. The number of alkyl halides is 3. The third-order valence-electron chi connectivity index (χ3n) is 5.33. The molecule has 2 aromatic carbocycles. The molecule has 1 aliphatic rings. The van der Waals surface area contributed by atoms with Crippen LogP contribution in [0.15, 0.2) is 42.7 Å². The summed E-state index contributed by atoms with van der Waals surface area (Å²) in [5.74, 6) is -0.220. The number of nitrogens with one attached hydrogen (secondary N) is 1. The molecular weight excluding hydrogens is 466 g/mol. The van der Waals surface area contributed by atoms with Crippen LogP contribution in [0.2, 0.25) is 5.02 Å². The molecule has 0 aliphatic carbocycles. The number of para-hydroxylation sites is 1. The highest BCUT2D eigenvalue weighted by Gasteiger charge is 2.34. The Balaban J connectivity index is 0.00000289. The third kappa shape index (κ3) is 4.90. The van der Waals surface area contributed by atoms with Gasteiger partial charge in [0.15, 0.2) is 0 Å². The van der Waals surface area contributed by atoms with Crippen LogP contribution in [0, 0.1) is 0 Å². The molecule has 1 aliphatic heterocycles. The number of carbonyl (C=O) groups excluding carboxylic acids is 1. The summed E-state index contributed by atoms with van der Waals surface area (Å²) in [6.07, 6.45) is -2.23. The number of amides is 1. The Kier molecular flexibility index (Phi) is 7.12. The Morgan fingerprint density at radius 1 is 1.22 bits per heavy atom. The number of rotatable bonds is 6. The van der Waals surface area contributed by atoms with Crippen LogP contribution in [0.3, 0.4) is 0 Å². The first-order valence-electron chi connectivity index (χ1n) is 9.63. The predicted molar refractivity (Wildman–Crippen MR) is 119 cm³/mol. The van der Waals surface area contributed by atoms with Crippen LogP contribution >= 0.6 is 24.0 Å². The summed E-state index contributed by atoms with van der Waals surface area (Å²) < 4.78 is 40.2. The molecule has 1 atom stereocenters. The van der Waals surface area contributed by atoms with E-state index < -0.39 is 23.7 Å². The fraction of sp³-hybridized carbons (Fsp3) is 0.286. The van der Waals surface area contributed by atoms with Crippen molar-refractivity contribution in [1.82, 2.24) is 14.9 Å². The van der Waals surface area contributed by atoms with Crippen molar-refractivity contribution in [3.05, 3.63) is 64.4 Å². The summed E-state index contributed by atoms with van der Waals surface area (Å²) in [5.41, 5.74) is 5.61. The van der Waals surface area contributed by atoms with Gasteiger partial charge in [-0.05, 0) is 49.3 Å². The van der Waals surface area contributed by atoms with Crippen LogP contribution in [0.1, 0.15) is 33.9 Å². The lowest BCUT2D eigenvalue weighted by molar-refractivity contribution is -0.137.